The average Bonchev–Trinajstić information content (AvgIpc) is 3.27. The van der Waals surface area contributed by atoms with Crippen molar-refractivity contribution in [1.82, 2.24) is 5.32 Å². The highest BCUT2D eigenvalue weighted by molar-refractivity contribution is 7.93. The molecule has 0 unspecified atom stereocenters. The summed E-state index contributed by atoms with van der Waals surface area (Å²) in [5.41, 5.74) is 0.827. The molecule has 0 saturated heterocycles. The minimum atomic E-state index is -3.64. The van der Waals surface area contributed by atoms with E-state index in [0.717, 1.165) is 23.8 Å². The maximum absolute atomic E-state index is 13.7. The Labute approximate surface area is 215 Å². The normalized spacial score (nSPS) is 11.1. The molecule has 0 saturated carbocycles. The third-order valence-electron chi connectivity index (χ3n) is 5.17. The summed E-state index contributed by atoms with van der Waals surface area (Å²) in [4.78, 5) is 24.3. The van der Waals surface area contributed by atoms with E-state index in [1.54, 1.807) is 42.6 Å². The zero-order valence-electron chi connectivity index (χ0n) is 19.5. The number of anilines is 1. The van der Waals surface area contributed by atoms with Crippen LogP contribution in [0.15, 0.2) is 81.2 Å². The molecule has 37 heavy (non-hydrogen) atoms. The van der Waals surface area contributed by atoms with E-state index in [9.17, 15) is 26.8 Å². The summed E-state index contributed by atoms with van der Waals surface area (Å²) < 4.78 is 59.3. The number of halogens is 2. The number of hydrogen-bond donors (Lipinski definition) is 2. The molecule has 3 amide bonds. The molecular weight excluding hydrogens is 522 g/mol. The lowest BCUT2D eigenvalue weighted by molar-refractivity contribution is 0.0959. The number of aryl methyl sites for hydroxylation is 2. The molecule has 1 heterocycles. The Balaban J connectivity index is 1.40. The molecule has 0 aliphatic heterocycles. The van der Waals surface area contributed by atoms with E-state index in [0.29, 0.717) is 17.1 Å². The number of carbonyl (C=O) groups is 2. The van der Waals surface area contributed by atoms with Crippen LogP contribution >= 0.6 is 11.3 Å². The molecule has 4 rings (SSSR count). The van der Waals surface area contributed by atoms with Gasteiger partial charge in [-0.1, -0.05) is 6.07 Å². The zero-order chi connectivity index (χ0) is 26.7. The van der Waals surface area contributed by atoms with E-state index in [4.69, 9.17) is 4.74 Å². The van der Waals surface area contributed by atoms with Gasteiger partial charge in [0.15, 0.2) is 0 Å². The van der Waals surface area contributed by atoms with Crippen LogP contribution in [-0.2, 0) is 9.84 Å². The van der Waals surface area contributed by atoms with Gasteiger partial charge in [-0.25, -0.2) is 22.0 Å². The molecule has 0 aliphatic carbocycles. The van der Waals surface area contributed by atoms with Crippen LogP contribution in [0.2, 0.25) is 0 Å². The van der Waals surface area contributed by atoms with E-state index < -0.39 is 39.0 Å². The van der Waals surface area contributed by atoms with Crippen LogP contribution < -0.4 is 15.4 Å². The molecule has 190 valence electrons. The molecule has 11 heteroatoms. The maximum atomic E-state index is 13.7. The monoisotopic (exact) mass is 542 g/mol. The van der Waals surface area contributed by atoms with E-state index in [-0.39, 0.29) is 14.8 Å². The highest BCUT2D eigenvalue weighted by Crippen LogP contribution is 2.32. The van der Waals surface area contributed by atoms with Gasteiger partial charge in [-0.3, -0.25) is 10.1 Å². The number of ether oxygens (including phenoxy) is 1. The van der Waals surface area contributed by atoms with Gasteiger partial charge in [0.05, 0.1) is 4.90 Å². The molecule has 0 fully saturated rings. The quantitative estimate of drug-likeness (QED) is 0.301. The first-order valence-corrected chi connectivity index (χ1v) is 13.2. The maximum Gasteiger partial charge on any atom is 0.326 e. The lowest BCUT2D eigenvalue weighted by Gasteiger charge is -2.11. The SMILES string of the molecule is Cc1csc(S(=O)(=O)c2ccc(Oc3ccc(NC(=O)NC(=O)c4c(F)cccc4F)cc3)cc2C)c1. The Morgan fingerprint density at radius 2 is 1.54 bits per heavy atom. The summed E-state index contributed by atoms with van der Waals surface area (Å²) in [6, 6.07) is 14.3. The van der Waals surface area contributed by atoms with Crippen LogP contribution in [0.1, 0.15) is 21.5 Å². The lowest BCUT2D eigenvalue weighted by atomic mass is 10.2. The average molecular weight is 543 g/mol. The van der Waals surface area contributed by atoms with E-state index in [1.807, 2.05) is 12.2 Å². The van der Waals surface area contributed by atoms with Crippen molar-refractivity contribution in [1.29, 1.82) is 0 Å². The second kappa shape index (κ2) is 10.5. The van der Waals surface area contributed by atoms with Crippen molar-refractivity contribution in [3.05, 3.63) is 100 Å². The number of hydrogen-bond acceptors (Lipinski definition) is 6. The van der Waals surface area contributed by atoms with E-state index in [2.05, 4.69) is 5.32 Å². The van der Waals surface area contributed by atoms with Crippen LogP contribution in [0.5, 0.6) is 11.5 Å². The Morgan fingerprint density at radius 3 is 2.14 bits per heavy atom. The second-order valence-corrected chi connectivity index (χ2v) is 11.1. The van der Waals surface area contributed by atoms with Crippen LogP contribution in [0, 0.1) is 25.5 Å². The highest BCUT2D eigenvalue weighted by Gasteiger charge is 2.22. The number of nitrogens with one attached hydrogen (secondary N) is 2. The molecule has 0 aliphatic rings. The minimum absolute atomic E-state index is 0.192. The number of urea groups is 1. The topological polar surface area (TPSA) is 102 Å². The summed E-state index contributed by atoms with van der Waals surface area (Å²) in [5, 5.41) is 6.04. The van der Waals surface area contributed by atoms with Gasteiger partial charge in [0, 0.05) is 5.69 Å². The standard InChI is InChI=1S/C26H20F2N2O5S2/c1-15-12-23(36-14-15)37(33,34)22-11-10-19(13-16(22)2)35-18-8-6-17(7-9-18)29-26(32)30-25(31)24-20(27)4-3-5-21(24)28/h3-14H,1-2H3,(H2,29,30,31,32). The number of sulfone groups is 1. The largest absolute Gasteiger partial charge is 0.457 e. The third kappa shape index (κ3) is 5.84. The van der Waals surface area contributed by atoms with Crippen LogP contribution in [0.3, 0.4) is 0 Å². The highest BCUT2D eigenvalue weighted by atomic mass is 32.2. The fourth-order valence-corrected chi connectivity index (χ4v) is 6.26. The van der Waals surface area contributed by atoms with Gasteiger partial charge >= 0.3 is 6.03 Å². The number of thiophene rings is 1. The minimum Gasteiger partial charge on any atom is -0.457 e. The molecule has 2 N–H and O–H groups in total. The van der Waals surface area contributed by atoms with Crippen molar-refractivity contribution in [3.63, 3.8) is 0 Å². The smallest absolute Gasteiger partial charge is 0.326 e. The molecule has 0 bridgehead atoms. The third-order valence-corrected chi connectivity index (χ3v) is 8.64. The van der Waals surface area contributed by atoms with Gasteiger partial charge in [0.2, 0.25) is 9.84 Å². The number of carbonyl (C=O) groups excluding carboxylic acids is 2. The van der Waals surface area contributed by atoms with Gasteiger partial charge in [-0.05, 0) is 91.0 Å². The number of imide groups is 1. The Hall–Kier alpha value is -4.09. The number of amides is 3. The second-order valence-electron chi connectivity index (χ2n) is 8.01. The molecule has 0 spiro atoms. The van der Waals surface area contributed by atoms with Crippen LogP contribution in [0.4, 0.5) is 19.3 Å². The Bertz CT molecular complexity index is 1580. The van der Waals surface area contributed by atoms with Crippen molar-refractivity contribution in [2.45, 2.75) is 23.0 Å². The van der Waals surface area contributed by atoms with Crippen molar-refractivity contribution in [2.24, 2.45) is 0 Å². The summed E-state index contributed by atoms with van der Waals surface area (Å²) >= 11 is 1.17. The Kier molecular flexibility index (Phi) is 7.37. The van der Waals surface area contributed by atoms with E-state index in [1.165, 1.54) is 29.5 Å². The van der Waals surface area contributed by atoms with Crippen molar-refractivity contribution >= 4 is 38.8 Å². The summed E-state index contributed by atoms with van der Waals surface area (Å²) in [6.45, 7) is 3.51. The van der Waals surface area contributed by atoms with Crippen LogP contribution in [0.25, 0.3) is 0 Å². The van der Waals surface area contributed by atoms with Gasteiger partial charge in [0.25, 0.3) is 5.91 Å². The van der Waals surface area contributed by atoms with Gasteiger partial charge < -0.3 is 10.1 Å². The zero-order valence-corrected chi connectivity index (χ0v) is 21.2. The molecule has 0 radical (unpaired) electrons. The Morgan fingerprint density at radius 1 is 0.892 bits per heavy atom. The van der Waals surface area contributed by atoms with Crippen molar-refractivity contribution in [3.8, 4) is 11.5 Å². The predicted molar refractivity (Wildman–Crippen MR) is 135 cm³/mol. The van der Waals surface area contributed by atoms with Gasteiger partial charge in [-0.2, -0.15) is 0 Å². The molecule has 3 aromatic carbocycles. The van der Waals surface area contributed by atoms with Crippen LogP contribution in [-0.4, -0.2) is 20.4 Å². The summed E-state index contributed by atoms with van der Waals surface area (Å²) in [7, 11) is -3.64. The summed E-state index contributed by atoms with van der Waals surface area (Å²) in [5.74, 6) is -2.58. The fourth-order valence-electron chi connectivity index (χ4n) is 3.43. The van der Waals surface area contributed by atoms with Gasteiger partial charge in [-0.15, -0.1) is 11.3 Å². The molecule has 0 atom stereocenters. The van der Waals surface area contributed by atoms with E-state index >= 15 is 0 Å². The molecular formula is C26H20F2N2O5S2. The van der Waals surface area contributed by atoms with Crippen molar-refractivity contribution in [2.75, 3.05) is 5.32 Å². The first-order valence-electron chi connectivity index (χ1n) is 10.8. The first-order chi connectivity index (χ1) is 17.5. The molecule has 4 aromatic rings. The molecule has 1 aromatic heterocycles. The van der Waals surface area contributed by atoms with Gasteiger partial charge in [0.1, 0.15) is 32.9 Å². The molecule has 7 nitrogen and oxygen atoms in total. The lowest BCUT2D eigenvalue weighted by Crippen LogP contribution is -2.35. The first kappa shape index (κ1) is 26.0. The summed E-state index contributed by atoms with van der Waals surface area (Å²) in [6.07, 6.45) is 0. The predicted octanol–water partition coefficient (Wildman–Crippen LogP) is 6.23. The number of rotatable bonds is 6. The number of benzene rings is 3. The fraction of sp³-hybridized carbons (Fsp3) is 0.0769. The van der Waals surface area contributed by atoms with Crippen molar-refractivity contribution < 1.29 is 31.5 Å².